The van der Waals surface area contributed by atoms with Crippen molar-refractivity contribution in [2.24, 2.45) is 0 Å². The van der Waals surface area contributed by atoms with Crippen molar-refractivity contribution in [2.45, 2.75) is 6.92 Å². The van der Waals surface area contributed by atoms with Crippen LogP contribution in [0.1, 0.15) is 5.56 Å². The molecule has 0 aromatic heterocycles. The van der Waals surface area contributed by atoms with Gasteiger partial charge in [-0.1, -0.05) is 22.0 Å². The number of thiocarbonyl (C=S) groups is 1. The van der Waals surface area contributed by atoms with Gasteiger partial charge in [-0.3, -0.25) is 0 Å². The smallest absolute Gasteiger partial charge is 0.175 e. The molecular weight excluding hydrogens is 327 g/mol. The van der Waals surface area contributed by atoms with E-state index >= 15 is 0 Å². The van der Waals surface area contributed by atoms with Gasteiger partial charge in [0.1, 0.15) is 5.82 Å². The highest BCUT2D eigenvalue weighted by Gasteiger charge is 2.05. The minimum absolute atomic E-state index is 0.253. The first-order chi connectivity index (χ1) is 9.06. The molecule has 0 saturated carbocycles. The van der Waals surface area contributed by atoms with Crippen molar-refractivity contribution in [2.75, 3.05) is 10.6 Å². The van der Waals surface area contributed by atoms with E-state index in [9.17, 15) is 4.39 Å². The van der Waals surface area contributed by atoms with Gasteiger partial charge in [0.05, 0.1) is 0 Å². The minimum Gasteiger partial charge on any atom is -0.332 e. The molecule has 0 aliphatic heterocycles. The second-order valence-electron chi connectivity index (χ2n) is 4.00. The average molecular weight is 339 g/mol. The van der Waals surface area contributed by atoms with Gasteiger partial charge >= 0.3 is 0 Å². The van der Waals surface area contributed by atoms with Crippen LogP contribution in [0.15, 0.2) is 46.9 Å². The molecule has 5 heteroatoms. The maximum Gasteiger partial charge on any atom is 0.175 e. The van der Waals surface area contributed by atoms with Gasteiger partial charge in [0.2, 0.25) is 0 Å². The summed E-state index contributed by atoms with van der Waals surface area (Å²) in [7, 11) is 0. The summed E-state index contributed by atoms with van der Waals surface area (Å²) in [5.74, 6) is -0.253. The van der Waals surface area contributed by atoms with E-state index in [0.717, 1.165) is 10.2 Å². The summed E-state index contributed by atoms with van der Waals surface area (Å²) in [5, 5.41) is 6.45. The Morgan fingerprint density at radius 2 is 1.79 bits per heavy atom. The largest absolute Gasteiger partial charge is 0.332 e. The molecule has 2 nitrogen and oxygen atoms in total. The van der Waals surface area contributed by atoms with E-state index in [4.69, 9.17) is 12.2 Å². The molecule has 0 heterocycles. The number of hydrogen-bond donors (Lipinski definition) is 2. The fraction of sp³-hybridized carbons (Fsp3) is 0.0714. The molecule has 0 fully saturated rings. The molecule has 0 radical (unpaired) electrons. The molecule has 0 aliphatic carbocycles. The predicted molar refractivity (Wildman–Crippen MR) is 85.1 cm³/mol. The molecule has 2 aromatic carbocycles. The van der Waals surface area contributed by atoms with Crippen LogP contribution in [0.4, 0.5) is 15.8 Å². The van der Waals surface area contributed by atoms with Crippen molar-refractivity contribution in [3.8, 4) is 0 Å². The first-order valence-corrected chi connectivity index (χ1v) is 6.85. The van der Waals surface area contributed by atoms with Crippen LogP contribution in [-0.2, 0) is 0 Å². The van der Waals surface area contributed by atoms with Crippen LogP contribution in [0.2, 0.25) is 0 Å². The molecule has 0 bridgehead atoms. The summed E-state index contributed by atoms with van der Waals surface area (Å²) in [6, 6.07) is 12.5. The van der Waals surface area contributed by atoms with Crippen LogP contribution in [-0.4, -0.2) is 5.11 Å². The molecule has 2 N–H and O–H groups in total. The van der Waals surface area contributed by atoms with E-state index in [1.165, 1.54) is 6.07 Å². The van der Waals surface area contributed by atoms with Crippen LogP contribution < -0.4 is 10.6 Å². The summed E-state index contributed by atoms with van der Waals surface area (Å²) in [4.78, 5) is 0. The van der Waals surface area contributed by atoms with Crippen molar-refractivity contribution in [3.63, 3.8) is 0 Å². The molecule has 0 amide bonds. The average Bonchev–Trinajstić information content (AvgIpc) is 2.38. The molecule has 2 rings (SSSR count). The number of nitrogens with one attached hydrogen (secondary N) is 2. The molecular formula is C14H12BrFN2S. The Morgan fingerprint density at radius 1 is 1.11 bits per heavy atom. The van der Waals surface area contributed by atoms with E-state index in [1.54, 1.807) is 19.1 Å². The van der Waals surface area contributed by atoms with Crippen molar-refractivity contribution >= 4 is 44.6 Å². The minimum atomic E-state index is -0.253. The van der Waals surface area contributed by atoms with Gasteiger partial charge in [-0.05, 0) is 55.5 Å². The molecule has 98 valence electrons. The van der Waals surface area contributed by atoms with E-state index in [1.807, 2.05) is 24.3 Å². The third-order valence-corrected chi connectivity index (χ3v) is 3.35. The van der Waals surface area contributed by atoms with Crippen LogP contribution in [0.3, 0.4) is 0 Å². The number of anilines is 2. The zero-order chi connectivity index (χ0) is 13.8. The first-order valence-electron chi connectivity index (χ1n) is 5.65. The summed E-state index contributed by atoms with van der Waals surface area (Å²) in [5.41, 5.74) is 2.08. The van der Waals surface area contributed by atoms with Crippen LogP contribution >= 0.6 is 28.1 Å². The first kappa shape index (κ1) is 14.0. The Kier molecular flexibility index (Phi) is 4.50. The molecule has 19 heavy (non-hydrogen) atoms. The summed E-state index contributed by atoms with van der Waals surface area (Å²) >= 11 is 8.56. The van der Waals surface area contributed by atoms with Crippen molar-refractivity contribution < 1.29 is 4.39 Å². The van der Waals surface area contributed by atoms with Gasteiger partial charge in [-0.25, -0.2) is 4.39 Å². The van der Waals surface area contributed by atoms with E-state index in [-0.39, 0.29) is 5.82 Å². The van der Waals surface area contributed by atoms with Crippen molar-refractivity contribution in [1.29, 1.82) is 0 Å². The van der Waals surface area contributed by atoms with Crippen molar-refractivity contribution in [1.82, 2.24) is 0 Å². The van der Waals surface area contributed by atoms with Crippen LogP contribution in [0.5, 0.6) is 0 Å². The highest BCUT2D eigenvalue weighted by atomic mass is 79.9. The summed E-state index contributed by atoms with van der Waals surface area (Å²) in [6.45, 7) is 1.71. The SMILES string of the molecule is Cc1c(F)cccc1NC(=S)Nc1ccc(Br)cc1. The lowest BCUT2D eigenvalue weighted by molar-refractivity contribution is 0.619. The highest BCUT2D eigenvalue weighted by molar-refractivity contribution is 9.10. The third kappa shape index (κ3) is 3.75. The monoisotopic (exact) mass is 338 g/mol. The number of halogens is 2. The lowest BCUT2D eigenvalue weighted by Crippen LogP contribution is -2.19. The van der Waals surface area contributed by atoms with E-state index in [0.29, 0.717) is 16.4 Å². The second-order valence-corrected chi connectivity index (χ2v) is 5.32. The molecule has 2 aromatic rings. The zero-order valence-electron chi connectivity index (χ0n) is 10.2. The summed E-state index contributed by atoms with van der Waals surface area (Å²) < 4.78 is 14.4. The summed E-state index contributed by atoms with van der Waals surface area (Å²) in [6.07, 6.45) is 0. The number of rotatable bonds is 2. The Hall–Kier alpha value is -1.46. The molecule has 0 atom stereocenters. The van der Waals surface area contributed by atoms with Crippen LogP contribution in [0.25, 0.3) is 0 Å². The fourth-order valence-corrected chi connectivity index (χ4v) is 2.05. The van der Waals surface area contributed by atoms with E-state index in [2.05, 4.69) is 26.6 Å². The zero-order valence-corrected chi connectivity index (χ0v) is 12.6. The Labute approximate surface area is 125 Å². The number of benzene rings is 2. The van der Waals surface area contributed by atoms with Crippen LogP contribution in [0, 0.1) is 12.7 Å². The van der Waals surface area contributed by atoms with Crippen molar-refractivity contribution in [3.05, 3.63) is 58.3 Å². The van der Waals surface area contributed by atoms with Gasteiger partial charge in [0.25, 0.3) is 0 Å². The number of hydrogen-bond acceptors (Lipinski definition) is 1. The molecule has 0 saturated heterocycles. The third-order valence-electron chi connectivity index (χ3n) is 2.62. The molecule has 0 unspecified atom stereocenters. The molecule has 0 aliphatic rings. The van der Waals surface area contributed by atoms with Gasteiger partial charge in [0.15, 0.2) is 5.11 Å². The highest BCUT2D eigenvalue weighted by Crippen LogP contribution is 2.18. The maximum absolute atomic E-state index is 13.4. The Morgan fingerprint density at radius 3 is 2.47 bits per heavy atom. The normalized spacial score (nSPS) is 10.1. The molecule has 0 spiro atoms. The maximum atomic E-state index is 13.4. The van der Waals surface area contributed by atoms with Gasteiger partial charge < -0.3 is 10.6 Å². The second kappa shape index (κ2) is 6.12. The van der Waals surface area contributed by atoms with E-state index < -0.39 is 0 Å². The Bertz CT molecular complexity index is 599. The predicted octanol–water partition coefficient (Wildman–Crippen LogP) is 4.71. The fourth-order valence-electron chi connectivity index (χ4n) is 1.56. The lowest BCUT2D eigenvalue weighted by atomic mass is 10.2. The Balaban J connectivity index is 2.05. The topological polar surface area (TPSA) is 24.1 Å². The quantitative estimate of drug-likeness (QED) is 0.775. The van der Waals surface area contributed by atoms with Gasteiger partial charge in [0, 0.05) is 21.4 Å². The standard InChI is InChI=1S/C14H12BrFN2S/c1-9-12(16)3-2-4-13(9)18-14(19)17-11-7-5-10(15)6-8-11/h2-8H,1H3,(H2,17,18,19). The lowest BCUT2D eigenvalue weighted by Gasteiger charge is -2.12. The van der Waals surface area contributed by atoms with Gasteiger partial charge in [-0.2, -0.15) is 0 Å². The van der Waals surface area contributed by atoms with Gasteiger partial charge in [-0.15, -0.1) is 0 Å².